The molecule has 1 aliphatic heterocycles. The van der Waals surface area contributed by atoms with Gasteiger partial charge in [0.15, 0.2) is 0 Å². The van der Waals surface area contributed by atoms with Crippen LogP contribution in [0.25, 0.3) is 0 Å². The van der Waals surface area contributed by atoms with Gasteiger partial charge < -0.3 is 9.15 Å². The van der Waals surface area contributed by atoms with Gasteiger partial charge in [-0.2, -0.15) is 17.5 Å². The Morgan fingerprint density at radius 2 is 2.04 bits per heavy atom. The number of piperidine rings is 1. The molecule has 0 spiro atoms. The molecule has 11 heteroatoms. The number of ether oxygens (including phenoxy) is 1. The minimum atomic E-state index is -4.74. The monoisotopic (exact) mass is 405 g/mol. The third kappa shape index (κ3) is 3.93. The van der Waals surface area contributed by atoms with Crippen molar-refractivity contribution in [1.82, 2.24) is 14.5 Å². The summed E-state index contributed by atoms with van der Waals surface area (Å²) in [5, 5.41) is 6.48. The molecule has 27 heavy (non-hydrogen) atoms. The van der Waals surface area contributed by atoms with Crippen molar-refractivity contribution in [2.75, 3.05) is 20.2 Å². The van der Waals surface area contributed by atoms with Gasteiger partial charge in [-0.25, -0.2) is 8.42 Å². The van der Waals surface area contributed by atoms with E-state index in [2.05, 4.69) is 10.2 Å². The van der Waals surface area contributed by atoms with E-state index in [1.165, 1.54) is 17.5 Å². The number of benzene rings is 1. The molecule has 3 rings (SSSR count). The summed E-state index contributed by atoms with van der Waals surface area (Å²) in [6.07, 6.45) is -3.82. The first-order valence-electron chi connectivity index (χ1n) is 8.18. The summed E-state index contributed by atoms with van der Waals surface area (Å²) >= 11 is 0. The molecule has 2 heterocycles. The normalized spacial score (nSPS) is 19.2. The molecule has 7 nitrogen and oxygen atoms in total. The van der Waals surface area contributed by atoms with Crippen molar-refractivity contribution in [3.63, 3.8) is 0 Å². The van der Waals surface area contributed by atoms with Crippen LogP contribution in [0.5, 0.6) is 5.75 Å². The van der Waals surface area contributed by atoms with Crippen LogP contribution in [-0.2, 0) is 16.2 Å². The van der Waals surface area contributed by atoms with Crippen molar-refractivity contribution in [3.05, 3.63) is 35.5 Å². The maximum absolute atomic E-state index is 13.1. The molecule has 1 fully saturated rings. The predicted octanol–water partition coefficient (Wildman–Crippen LogP) is 2.97. The average molecular weight is 405 g/mol. The number of aromatic nitrogens is 2. The third-order valence-electron chi connectivity index (χ3n) is 4.35. The molecule has 1 aliphatic rings. The molecular weight excluding hydrogens is 387 g/mol. The Hall–Kier alpha value is -2.14. The van der Waals surface area contributed by atoms with E-state index >= 15 is 0 Å². The Balaban J connectivity index is 1.88. The zero-order valence-corrected chi connectivity index (χ0v) is 15.5. The number of methoxy groups -OCH3 is 1. The van der Waals surface area contributed by atoms with Gasteiger partial charge in [0.2, 0.25) is 15.9 Å². The van der Waals surface area contributed by atoms with Gasteiger partial charge in [-0.05, 0) is 37.5 Å². The molecule has 0 amide bonds. The molecule has 148 valence electrons. The van der Waals surface area contributed by atoms with Crippen LogP contribution in [0.4, 0.5) is 13.2 Å². The van der Waals surface area contributed by atoms with Gasteiger partial charge in [-0.15, -0.1) is 10.2 Å². The zero-order valence-electron chi connectivity index (χ0n) is 14.7. The molecule has 1 aromatic heterocycles. The lowest BCUT2D eigenvalue weighted by Gasteiger charge is -2.30. The van der Waals surface area contributed by atoms with E-state index < -0.39 is 28.0 Å². The highest BCUT2D eigenvalue weighted by Gasteiger charge is 2.40. The standard InChI is InChI=1S/C16H18F3N3O4S/c1-10-5-6-12(25-2)13(8-10)27(23,24)22-7-3-4-11(9-22)14-20-21-15(26-14)16(17,18)19/h5-6,8,11H,3-4,7,9H2,1-2H3. The van der Waals surface area contributed by atoms with E-state index in [1.54, 1.807) is 19.1 Å². The van der Waals surface area contributed by atoms with Crippen LogP contribution < -0.4 is 4.74 Å². The number of aryl methyl sites for hydroxylation is 1. The van der Waals surface area contributed by atoms with Crippen molar-refractivity contribution in [2.24, 2.45) is 0 Å². The summed E-state index contributed by atoms with van der Waals surface area (Å²) in [5.74, 6) is -2.04. The lowest BCUT2D eigenvalue weighted by molar-refractivity contribution is -0.157. The Bertz CT molecular complexity index is 927. The van der Waals surface area contributed by atoms with Crippen molar-refractivity contribution < 1.29 is 30.7 Å². The molecule has 0 bridgehead atoms. The smallest absolute Gasteiger partial charge is 0.470 e. The van der Waals surface area contributed by atoms with E-state index in [4.69, 9.17) is 9.15 Å². The van der Waals surface area contributed by atoms with Crippen LogP contribution in [0.2, 0.25) is 0 Å². The molecule has 1 saturated heterocycles. The van der Waals surface area contributed by atoms with Gasteiger partial charge in [-0.1, -0.05) is 6.07 Å². The van der Waals surface area contributed by atoms with Crippen LogP contribution >= 0.6 is 0 Å². The number of nitrogens with zero attached hydrogens (tertiary/aromatic N) is 3. The topological polar surface area (TPSA) is 85.5 Å². The molecule has 1 aromatic carbocycles. The second-order valence-electron chi connectivity index (χ2n) is 6.30. The second-order valence-corrected chi connectivity index (χ2v) is 8.21. The lowest BCUT2D eigenvalue weighted by Crippen LogP contribution is -2.39. The minimum Gasteiger partial charge on any atom is -0.495 e. The molecular formula is C16H18F3N3O4S. The van der Waals surface area contributed by atoms with Gasteiger partial charge in [0.25, 0.3) is 0 Å². The number of alkyl halides is 3. The first-order valence-corrected chi connectivity index (χ1v) is 9.62. The van der Waals surface area contributed by atoms with Crippen molar-refractivity contribution in [1.29, 1.82) is 0 Å². The van der Waals surface area contributed by atoms with Crippen LogP contribution in [0.1, 0.15) is 36.1 Å². The van der Waals surface area contributed by atoms with E-state index in [9.17, 15) is 21.6 Å². The van der Waals surface area contributed by atoms with E-state index in [0.717, 1.165) is 5.56 Å². The quantitative estimate of drug-likeness (QED) is 0.778. The summed E-state index contributed by atoms with van der Waals surface area (Å²) in [6.45, 7) is 1.96. The van der Waals surface area contributed by atoms with Gasteiger partial charge in [0.05, 0.1) is 13.0 Å². The summed E-state index contributed by atoms with van der Waals surface area (Å²) in [6, 6.07) is 4.80. The fourth-order valence-electron chi connectivity index (χ4n) is 3.00. The van der Waals surface area contributed by atoms with Gasteiger partial charge in [0.1, 0.15) is 10.6 Å². The van der Waals surface area contributed by atoms with Crippen molar-refractivity contribution in [2.45, 2.75) is 36.8 Å². The predicted molar refractivity (Wildman–Crippen MR) is 87.8 cm³/mol. The van der Waals surface area contributed by atoms with E-state index in [1.807, 2.05) is 0 Å². The van der Waals surface area contributed by atoms with E-state index in [-0.39, 0.29) is 29.6 Å². The Kier molecular flexibility index (Phi) is 5.17. The minimum absolute atomic E-state index is 0.0205. The average Bonchev–Trinajstić information content (AvgIpc) is 3.12. The first kappa shape index (κ1) is 19.6. The highest BCUT2D eigenvalue weighted by molar-refractivity contribution is 7.89. The molecule has 0 aliphatic carbocycles. The first-order chi connectivity index (χ1) is 12.6. The SMILES string of the molecule is COc1ccc(C)cc1S(=O)(=O)N1CCCC(c2nnc(C(F)(F)F)o2)C1. The lowest BCUT2D eigenvalue weighted by atomic mass is 10.00. The van der Waals surface area contributed by atoms with Crippen LogP contribution in [-0.4, -0.2) is 43.1 Å². The summed E-state index contributed by atoms with van der Waals surface area (Å²) in [5.41, 5.74) is 0.745. The second kappa shape index (κ2) is 7.12. The van der Waals surface area contributed by atoms with Crippen LogP contribution in [0.3, 0.4) is 0 Å². The largest absolute Gasteiger partial charge is 0.495 e. The number of hydrogen-bond donors (Lipinski definition) is 0. The summed E-state index contributed by atoms with van der Waals surface area (Å²) < 4.78 is 75.2. The fraction of sp³-hybridized carbons (Fsp3) is 0.500. The highest BCUT2D eigenvalue weighted by Crippen LogP contribution is 2.35. The fourth-order valence-corrected chi connectivity index (χ4v) is 4.77. The number of halogens is 3. The summed E-state index contributed by atoms with van der Waals surface area (Å²) in [4.78, 5) is 0.0205. The van der Waals surface area contributed by atoms with Crippen LogP contribution in [0, 0.1) is 6.92 Å². The zero-order chi connectivity index (χ0) is 19.8. The number of rotatable bonds is 4. The molecule has 1 unspecified atom stereocenters. The molecule has 0 saturated carbocycles. The van der Waals surface area contributed by atoms with Crippen LogP contribution in [0.15, 0.2) is 27.5 Å². The van der Waals surface area contributed by atoms with E-state index in [0.29, 0.717) is 12.8 Å². The third-order valence-corrected chi connectivity index (χ3v) is 6.24. The Morgan fingerprint density at radius 3 is 2.67 bits per heavy atom. The molecule has 0 radical (unpaired) electrons. The number of hydrogen-bond acceptors (Lipinski definition) is 6. The number of sulfonamides is 1. The molecule has 2 aromatic rings. The van der Waals surface area contributed by atoms with Gasteiger partial charge in [-0.3, -0.25) is 0 Å². The highest BCUT2D eigenvalue weighted by atomic mass is 32.2. The molecule has 0 N–H and O–H groups in total. The van der Waals surface area contributed by atoms with Gasteiger partial charge >= 0.3 is 12.1 Å². The molecule has 1 atom stereocenters. The Morgan fingerprint density at radius 1 is 1.30 bits per heavy atom. The van der Waals surface area contributed by atoms with Gasteiger partial charge in [0, 0.05) is 13.1 Å². The maximum Gasteiger partial charge on any atom is 0.470 e. The Labute approximate surface area is 154 Å². The maximum atomic E-state index is 13.1. The van der Waals surface area contributed by atoms with Crippen molar-refractivity contribution >= 4 is 10.0 Å². The van der Waals surface area contributed by atoms with Crippen molar-refractivity contribution in [3.8, 4) is 5.75 Å². The summed E-state index contributed by atoms with van der Waals surface area (Å²) in [7, 11) is -2.52.